The minimum Gasteiger partial charge on any atom is -0.490 e. The van der Waals surface area contributed by atoms with Crippen molar-refractivity contribution < 1.29 is 24.7 Å². The van der Waals surface area contributed by atoms with E-state index in [1.807, 2.05) is 0 Å². The number of hydrogen-bond acceptors (Lipinski definition) is 4. The molecule has 2 rings (SSSR count). The molecule has 1 aliphatic rings. The van der Waals surface area contributed by atoms with Gasteiger partial charge in [0.1, 0.15) is 11.3 Å². The van der Waals surface area contributed by atoms with Crippen LogP contribution in [0.25, 0.3) is 0 Å². The largest absolute Gasteiger partial charge is 0.490 e. The lowest BCUT2D eigenvalue weighted by molar-refractivity contribution is 0.0689. The van der Waals surface area contributed by atoms with Crippen LogP contribution in [0.4, 0.5) is 0 Å². The number of aromatic carboxylic acids is 1. The lowest BCUT2D eigenvalue weighted by atomic mass is 9.80. The molecule has 1 fully saturated rings. The summed E-state index contributed by atoms with van der Waals surface area (Å²) in [6.45, 7) is 0. The van der Waals surface area contributed by atoms with Crippen LogP contribution < -0.4 is 10.2 Å². The average molecular weight is 250 g/mol. The first-order valence-electron chi connectivity index (χ1n) is 5.98. The van der Waals surface area contributed by atoms with Gasteiger partial charge in [-0.25, -0.2) is 4.79 Å². The lowest BCUT2D eigenvalue weighted by Gasteiger charge is -2.16. The summed E-state index contributed by atoms with van der Waals surface area (Å²) in [7, 11) is -1.63. The molecule has 18 heavy (non-hydrogen) atoms. The number of carboxylic acid groups (broad SMARTS) is 1. The second kappa shape index (κ2) is 5.41. The number of carboxylic acids is 1. The zero-order chi connectivity index (χ0) is 13.1. The smallest absolute Gasteiger partial charge is 0.488 e. The molecular weight excluding hydrogens is 235 g/mol. The summed E-state index contributed by atoms with van der Waals surface area (Å²) in [5, 5.41) is 27.2. The first kappa shape index (κ1) is 12.9. The van der Waals surface area contributed by atoms with E-state index in [1.165, 1.54) is 18.2 Å². The third-order valence-corrected chi connectivity index (χ3v) is 3.13. The Kier molecular flexibility index (Phi) is 3.89. The van der Waals surface area contributed by atoms with E-state index in [2.05, 4.69) is 0 Å². The minimum absolute atomic E-state index is 0.0224. The monoisotopic (exact) mass is 250 g/mol. The van der Waals surface area contributed by atoms with Gasteiger partial charge in [-0.15, -0.1) is 0 Å². The predicted molar refractivity (Wildman–Crippen MR) is 66.1 cm³/mol. The molecule has 0 heterocycles. The van der Waals surface area contributed by atoms with Crippen LogP contribution >= 0.6 is 0 Å². The summed E-state index contributed by atoms with van der Waals surface area (Å²) in [6.07, 6.45) is 4.00. The van der Waals surface area contributed by atoms with E-state index >= 15 is 0 Å². The highest BCUT2D eigenvalue weighted by molar-refractivity contribution is 6.58. The molecule has 0 unspecified atom stereocenters. The zero-order valence-corrected chi connectivity index (χ0v) is 9.87. The Balaban J connectivity index is 2.27. The minimum atomic E-state index is -1.63. The lowest BCUT2D eigenvalue weighted by Crippen LogP contribution is -2.30. The normalized spacial score (nSPS) is 15.7. The number of rotatable bonds is 4. The topological polar surface area (TPSA) is 87.0 Å². The van der Waals surface area contributed by atoms with Crippen molar-refractivity contribution in [1.29, 1.82) is 0 Å². The molecule has 1 aromatic carbocycles. The summed E-state index contributed by atoms with van der Waals surface area (Å²) in [5.41, 5.74) is 0.277. The molecule has 1 aliphatic carbocycles. The maximum Gasteiger partial charge on any atom is 0.488 e. The van der Waals surface area contributed by atoms with Gasteiger partial charge in [0.2, 0.25) is 0 Å². The van der Waals surface area contributed by atoms with Crippen molar-refractivity contribution >= 4 is 18.6 Å². The Morgan fingerprint density at radius 1 is 1.28 bits per heavy atom. The molecule has 5 nitrogen and oxygen atoms in total. The fraction of sp³-hybridized carbons (Fsp3) is 0.417. The van der Waals surface area contributed by atoms with Gasteiger partial charge in [0.05, 0.1) is 6.10 Å². The van der Waals surface area contributed by atoms with Crippen molar-refractivity contribution in [1.82, 2.24) is 0 Å². The molecular formula is C12H15BO5. The van der Waals surface area contributed by atoms with E-state index < -0.39 is 13.1 Å². The second-order valence-electron chi connectivity index (χ2n) is 4.46. The van der Waals surface area contributed by atoms with Gasteiger partial charge in [-0.3, -0.25) is 0 Å². The summed E-state index contributed by atoms with van der Waals surface area (Å²) in [6, 6.07) is 4.09. The van der Waals surface area contributed by atoms with Crippen LogP contribution in [-0.4, -0.2) is 34.3 Å². The molecule has 0 bridgehead atoms. The van der Waals surface area contributed by atoms with E-state index in [-0.39, 0.29) is 22.9 Å². The molecule has 0 spiro atoms. The van der Waals surface area contributed by atoms with E-state index in [9.17, 15) is 4.79 Å². The first-order chi connectivity index (χ1) is 8.58. The Morgan fingerprint density at radius 3 is 2.50 bits per heavy atom. The molecule has 0 atom stereocenters. The number of carbonyl (C=O) groups is 1. The maximum absolute atomic E-state index is 11.1. The van der Waals surface area contributed by atoms with Gasteiger partial charge < -0.3 is 19.9 Å². The third kappa shape index (κ3) is 2.83. The van der Waals surface area contributed by atoms with Crippen LogP contribution in [0.5, 0.6) is 5.75 Å². The van der Waals surface area contributed by atoms with Gasteiger partial charge in [0.15, 0.2) is 0 Å². The van der Waals surface area contributed by atoms with E-state index in [4.69, 9.17) is 19.9 Å². The number of benzene rings is 1. The Bertz CT molecular complexity index is 440. The highest BCUT2D eigenvalue weighted by atomic mass is 16.5. The van der Waals surface area contributed by atoms with Gasteiger partial charge in [-0.05, 0) is 43.3 Å². The fourth-order valence-corrected chi connectivity index (χ4v) is 2.16. The second-order valence-corrected chi connectivity index (χ2v) is 4.46. The average Bonchev–Trinajstić information content (AvgIpc) is 2.81. The quantitative estimate of drug-likeness (QED) is 0.672. The van der Waals surface area contributed by atoms with Gasteiger partial charge in [0, 0.05) is 0 Å². The maximum atomic E-state index is 11.1. The standard InChI is InChI=1S/C12H15BO5/c14-12(15)10-6-5-8(13(16)17)7-11(10)18-9-3-1-2-4-9/h5-7,9,16-17H,1-4H2,(H,14,15). The van der Waals surface area contributed by atoms with Crippen LogP contribution in [-0.2, 0) is 0 Å². The SMILES string of the molecule is O=C(O)c1ccc(B(O)O)cc1OC1CCCC1. The summed E-state index contributed by atoms with van der Waals surface area (Å²) in [5.74, 6) is -0.873. The predicted octanol–water partition coefficient (Wildman–Crippen LogP) is 0.386. The highest BCUT2D eigenvalue weighted by Gasteiger charge is 2.22. The van der Waals surface area contributed by atoms with Gasteiger partial charge in [0.25, 0.3) is 0 Å². The number of ether oxygens (including phenoxy) is 1. The zero-order valence-electron chi connectivity index (χ0n) is 9.87. The van der Waals surface area contributed by atoms with Gasteiger partial charge >= 0.3 is 13.1 Å². The van der Waals surface area contributed by atoms with E-state index in [0.29, 0.717) is 0 Å². The van der Waals surface area contributed by atoms with Crippen molar-refractivity contribution in [2.75, 3.05) is 0 Å². The summed E-state index contributed by atoms with van der Waals surface area (Å²) < 4.78 is 5.66. The van der Waals surface area contributed by atoms with Crippen molar-refractivity contribution in [2.45, 2.75) is 31.8 Å². The van der Waals surface area contributed by atoms with Gasteiger partial charge in [-0.2, -0.15) is 0 Å². The van der Waals surface area contributed by atoms with Crippen LogP contribution in [0.3, 0.4) is 0 Å². The van der Waals surface area contributed by atoms with Crippen LogP contribution in [0, 0.1) is 0 Å². The van der Waals surface area contributed by atoms with Crippen molar-refractivity contribution in [2.24, 2.45) is 0 Å². The molecule has 0 amide bonds. The van der Waals surface area contributed by atoms with Gasteiger partial charge in [-0.1, -0.05) is 6.07 Å². The summed E-state index contributed by atoms with van der Waals surface area (Å²) >= 11 is 0. The Hall–Kier alpha value is -1.53. The molecule has 1 aromatic rings. The first-order valence-corrected chi connectivity index (χ1v) is 5.98. The molecule has 0 aliphatic heterocycles. The van der Waals surface area contributed by atoms with Crippen LogP contribution in [0.1, 0.15) is 36.0 Å². The molecule has 0 radical (unpaired) electrons. The molecule has 1 saturated carbocycles. The molecule has 6 heteroatoms. The third-order valence-electron chi connectivity index (χ3n) is 3.13. The summed E-state index contributed by atoms with van der Waals surface area (Å²) in [4.78, 5) is 11.1. The van der Waals surface area contributed by atoms with Crippen LogP contribution in [0.2, 0.25) is 0 Å². The van der Waals surface area contributed by atoms with E-state index in [0.717, 1.165) is 25.7 Å². The van der Waals surface area contributed by atoms with Crippen molar-refractivity contribution in [3.63, 3.8) is 0 Å². The van der Waals surface area contributed by atoms with E-state index in [1.54, 1.807) is 0 Å². The fourth-order valence-electron chi connectivity index (χ4n) is 2.16. The van der Waals surface area contributed by atoms with Crippen molar-refractivity contribution in [3.8, 4) is 5.75 Å². The van der Waals surface area contributed by atoms with Crippen molar-refractivity contribution in [3.05, 3.63) is 23.8 Å². The Morgan fingerprint density at radius 2 is 1.94 bits per heavy atom. The molecule has 96 valence electrons. The highest BCUT2D eigenvalue weighted by Crippen LogP contribution is 2.26. The molecule has 3 N–H and O–H groups in total. The Labute approximate surface area is 105 Å². The molecule has 0 aromatic heterocycles. The number of hydrogen-bond donors (Lipinski definition) is 3. The molecule has 0 saturated heterocycles. The van der Waals surface area contributed by atoms with Crippen LogP contribution in [0.15, 0.2) is 18.2 Å².